The standard InChI is InChI=1S/C24H24N4O2S/c1-15-9-10-18(12-17(15)3)20-13-31-24(26-20)27-21(29)8-5-11-28-14-25-22-16(2)6-4-7-19(22)23(28)30/h4,6-7,9-10,12-14H,5,8,11H2,1-3H3,(H,26,27,29). The molecule has 158 valence electrons. The van der Waals surface area contributed by atoms with Gasteiger partial charge in [-0.25, -0.2) is 9.97 Å². The Labute approximate surface area is 184 Å². The minimum absolute atomic E-state index is 0.0768. The topological polar surface area (TPSA) is 76.9 Å². The third-order valence-electron chi connectivity index (χ3n) is 5.41. The Morgan fingerprint density at radius 2 is 1.94 bits per heavy atom. The van der Waals surface area contributed by atoms with Gasteiger partial charge < -0.3 is 5.32 Å². The van der Waals surface area contributed by atoms with Crippen molar-refractivity contribution >= 4 is 33.3 Å². The molecule has 0 aliphatic heterocycles. The molecule has 0 fully saturated rings. The summed E-state index contributed by atoms with van der Waals surface area (Å²) in [6.07, 6.45) is 2.41. The number of carbonyl (C=O) groups is 1. The molecule has 4 rings (SSSR count). The van der Waals surface area contributed by atoms with Crippen LogP contribution in [0.3, 0.4) is 0 Å². The van der Waals surface area contributed by atoms with Crippen LogP contribution >= 0.6 is 11.3 Å². The summed E-state index contributed by atoms with van der Waals surface area (Å²) < 4.78 is 1.57. The number of para-hydroxylation sites is 1. The molecule has 31 heavy (non-hydrogen) atoms. The number of nitrogens with one attached hydrogen (secondary N) is 1. The Morgan fingerprint density at radius 3 is 2.74 bits per heavy atom. The van der Waals surface area contributed by atoms with E-state index in [1.54, 1.807) is 17.0 Å². The quantitative estimate of drug-likeness (QED) is 0.472. The highest BCUT2D eigenvalue weighted by atomic mass is 32.1. The maximum Gasteiger partial charge on any atom is 0.261 e. The van der Waals surface area contributed by atoms with Crippen LogP contribution < -0.4 is 10.9 Å². The summed E-state index contributed by atoms with van der Waals surface area (Å²) in [5.74, 6) is -0.112. The smallest absolute Gasteiger partial charge is 0.261 e. The second kappa shape index (κ2) is 8.81. The molecular weight excluding hydrogens is 408 g/mol. The van der Waals surface area contributed by atoms with E-state index < -0.39 is 0 Å². The van der Waals surface area contributed by atoms with Crippen molar-refractivity contribution in [2.24, 2.45) is 0 Å². The second-order valence-electron chi connectivity index (χ2n) is 7.70. The summed E-state index contributed by atoms with van der Waals surface area (Å²) in [7, 11) is 0. The average molecular weight is 433 g/mol. The van der Waals surface area contributed by atoms with Gasteiger partial charge in [0.25, 0.3) is 5.56 Å². The molecule has 0 saturated carbocycles. The molecule has 0 atom stereocenters. The lowest BCUT2D eigenvalue weighted by atomic mass is 10.1. The molecule has 2 aromatic heterocycles. The van der Waals surface area contributed by atoms with Crippen LogP contribution in [0.4, 0.5) is 5.13 Å². The number of hydrogen-bond donors (Lipinski definition) is 1. The first-order valence-electron chi connectivity index (χ1n) is 10.2. The molecule has 4 aromatic rings. The largest absolute Gasteiger partial charge is 0.302 e. The van der Waals surface area contributed by atoms with E-state index in [-0.39, 0.29) is 11.5 Å². The number of amides is 1. The number of fused-ring (bicyclic) bond motifs is 1. The predicted molar refractivity (Wildman–Crippen MR) is 126 cm³/mol. The summed E-state index contributed by atoms with van der Waals surface area (Å²) in [6, 6.07) is 11.8. The number of aryl methyl sites for hydroxylation is 4. The predicted octanol–water partition coefficient (Wildman–Crippen LogP) is 4.86. The van der Waals surface area contributed by atoms with Crippen molar-refractivity contribution in [1.82, 2.24) is 14.5 Å². The molecule has 1 N–H and O–H groups in total. The van der Waals surface area contributed by atoms with Crippen molar-refractivity contribution in [3.63, 3.8) is 0 Å². The number of benzene rings is 2. The van der Waals surface area contributed by atoms with Gasteiger partial charge in [-0.1, -0.05) is 24.3 Å². The number of rotatable bonds is 6. The van der Waals surface area contributed by atoms with Gasteiger partial charge in [0.2, 0.25) is 5.91 Å². The van der Waals surface area contributed by atoms with Crippen LogP contribution in [-0.4, -0.2) is 20.4 Å². The van der Waals surface area contributed by atoms with E-state index in [1.807, 2.05) is 30.5 Å². The van der Waals surface area contributed by atoms with Gasteiger partial charge in [-0.05, 0) is 56.0 Å². The SMILES string of the molecule is Cc1ccc(-c2csc(NC(=O)CCCn3cnc4c(C)cccc4c3=O)n2)cc1C. The fourth-order valence-electron chi connectivity index (χ4n) is 3.45. The highest BCUT2D eigenvalue weighted by Gasteiger charge is 2.10. The number of nitrogens with zero attached hydrogens (tertiary/aromatic N) is 3. The van der Waals surface area contributed by atoms with Crippen LogP contribution in [0.1, 0.15) is 29.5 Å². The molecule has 0 spiro atoms. The molecule has 2 heterocycles. The minimum Gasteiger partial charge on any atom is -0.302 e. The second-order valence-corrected chi connectivity index (χ2v) is 8.56. The maximum atomic E-state index is 12.6. The number of thiazole rings is 1. The Morgan fingerprint density at radius 1 is 1.10 bits per heavy atom. The van der Waals surface area contributed by atoms with Gasteiger partial charge in [0.1, 0.15) is 0 Å². The van der Waals surface area contributed by atoms with Crippen molar-refractivity contribution < 1.29 is 4.79 Å². The maximum absolute atomic E-state index is 12.6. The summed E-state index contributed by atoms with van der Waals surface area (Å²) in [5, 5.41) is 5.99. The molecule has 6 nitrogen and oxygen atoms in total. The highest BCUT2D eigenvalue weighted by Crippen LogP contribution is 2.26. The third kappa shape index (κ3) is 4.56. The zero-order valence-corrected chi connectivity index (χ0v) is 18.6. The number of anilines is 1. The molecule has 0 radical (unpaired) electrons. The first-order valence-corrected chi connectivity index (χ1v) is 11.1. The van der Waals surface area contributed by atoms with Gasteiger partial charge in [0, 0.05) is 23.9 Å². The Hall–Kier alpha value is -3.32. The molecule has 0 unspecified atom stereocenters. The molecule has 0 bridgehead atoms. The number of hydrogen-bond acceptors (Lipinski definition) is 5. The zero-order chi connectivity index (χ0) is 22.0. The van der Waals surface area contributed by atoms with Crippen LogP contribution in [-0.2, 0) is 11.3 Å². The molecule has 7 heteroatoms. The van der Waals surface area contributed by atoms with Crippen molar-refractivity contribution in [3.8, 4) is 11.3 Å². The van der Waals surface area contributed by atoms with Crippen LogP contribution in [0.2, 0.25) is 0 Å². The molecule has 0 saturated heterocycles. The van der Waals surface area contributed by atoms with Gasteiger partial charge in [0.05, 0.1) is 22.9 Å². The van der Waals surface area contributed by atoms with Gasteiger partial charge in [-0.3, -0.25) is 14.2 Å². The van der Waals surface area contributed by atoms with Crippen LogP contribution in [0.15, 0.2) is 52.9 Å². The highest BCUT2D eigenvalue weighted by molar-refractivity contribution is 7.14. The lowest BCUT2D eigenvalue weighted by Crippen LogP contribution is -2.22. The van der Waals surface area contributed by atoms with Gasteiger partial charge in [-0.2, -0.15) is 0 Å². The monoisotopic (exact) mass is 432 g/mol. The Kier molecular flexibility index (Phi) is 5.95. The van der Waals surface area contributed by atoms with E-state index >= 15 is 0 Å². The average Bonchev–Trinajstić information content (AvgIpc) is 3.20. The number of carbonyl (C=O) groups excluding carboxylic acids is 1. The molecule has 0 aliphatic carbocycles. The molecular formula is C24H24N4O2S. The van der Waals surface area contributed by atoms with Crippen molar-refractivity contribution in [1.29, 1.82) is 0 Å². The minimum atomic E-state index is -0.112. The Bertz CT molecular complexity index is 1320. The first-order chi connectivity index (χ1) is 14.9. The summed E-state index contributed by atoms with van der Waals surface area (Å²) in [4.78, 5) is 33.9. The van der Waals surface area contributed by atoms with Crippen molar-refractivity contribution in [3.05, 3.63) is 75.1 Å². The number of aromatic nitrogens is 3. The van der Waals surface area contributed by atoms with E-state index in [0.717, 1.165) is 22.3 Å². The van der Waals surface area contributed by atoms with Gasteiger partial charge in [0.15, 0.2) is 5.13 Å². The van der Waals surface area contributed by atoms with E-state index in [9.17, 15) is 9.59 Å². The van der Waals surface area contributed by atoms with Crippen molar-refractivity contribution in [2.45, 2.75) is 40.2 Å². The molecule has 1 amide bonds. The van der Waals surface area contributed by atoms with E-state index in [1.165, 1.54) is 22.5 Å². The fourth-order valence-corrected chi connectivity index (χ4v) is 4.19. The lowest BCUT2D eigenvalue weighted by molar-refractivity contribution is -0.116. The fraction of sp³-hybridized carbons (Fsp3) is 0.250. The summed E-state index contributed by atoms with van der Waals surface area (Å²) in [6.45, 7) is 6.53. The third-order valence-corrected chi connectivity index (χ3v) is 6.17. The molecule has 0 aliphatic rings. The van der Waals surface area contributed by atoms with Gasteiger partial charge in [-0.15, -0.1) is 11.3 Å². The zero-order valence-electron chi connectivity index (χ0n) is 17.8. The van der Waals surface area contributed by atoms with Gasteiger partial charge >= 0.3 is 0 Å². The van der Waals surface area contributed by atoms with E-state index in [2.05, 4.69) is 41.3 Å². The van der Waals surface area contributed by atoms with Crippen LogP contribution in [0, 0.1) is 20.8 Å². The van der Waals surface area contributed by atoms with Crippen LogP contribution in [0.5, 0.6) is 0 Å². The van der Waals surface area contributed by atoms with E-state index in [4.69, 9.17) is 0 Å². The van der Waals surface area contributed by atoms with Crippen LogP contribution in [0.25, 0.3) is 22.2 Å². The normalized spacial score (nSPS) is 11.1. The molecule has 2 aromatic carbocycles. The summed E-state index contributed by atoms with van der Waals surface area (Å²) in [5.41, 5.74) is 5.97. The first kappa shape index (κ1) is 20.9. The van der Waals surface area contributed by atoms with E-state index in [0.29, 0.717) is 29.9 Å². The lowest BCUT2D eigenvalue weighted by Gasteiger charge is -2.07. The Balaban J connectivity index is 1.35. The van der Waals surface area contributed by atoms with Crippen molar-refractivity contribution in [2.75, 3.05) is 5.32 Å². The summed E-state index contributed by atoms with van der Waals surface area (Å²) >= 11 is 1.41.